The highest BCUT2D eigenvalue weighted by Crippen LogP contribution is 2.31. The Morgan fingerprint density at radius 1 is 1.43 bits per heavy atom. The van der Waals surface area contributed by atoms with Gasteiger partial charge in [0, 0.05) is 17.9 Å². The van der Waals surface area contributed by atoms with E-state index < -0.39 is 6.61 Å². The summed E-state index contributed by atoms with van der Waals surface area (Å²) in [4.78, 5) is 11.4. The summed E-state index contributed by atoms with van der Waals surface area (Å²) in [5.41, 5.74) is 3.85. The zero-order valence-corrected chi connectivity index (χ0v) is 11.7. The molecule has 7 heteroatoms. The van der Waals surface area contributed by atoms with Gasteiger partial charge in [-0.25, -0.2) is 5.43 Å². The maximum atomic E-state index is 12.3. The van der Waals surface area contributed by atoms with Gasteiger partial charge < -0.3 is 9.47 Å². The molecule has 0 fully saturated rings. The first-order valence-corrected chi connectivity index (χ1v) is 6.54. The lowest BCUT2D eigenvalue weighted by Gasteiger charge is -2.22. The first kappa shape index (κ1) is 15.2. The molecule has 1 amide bonds. The van der Waals surface area contributed by atoms with Gasteiger partial charge in [-0.3, -0.25) is 4.79 Å². The first-order valence-electron chi connectivity index (χ1n) is 6.54. The van der Waals surface area contributed by atoms with Crippen LogP contribution in [-0.2, 0) is 4.79 Å². The monoisotopic (exact) mass is 298 g/mol. The summed E-state index contributed by atoms with van der Waals surface area (Å²) in [6.45, 7) is -0.955. The highest BCUT2D eigenvalue weighted by molar-refractivity contribution is 6.06. The molecule has 0 aromatic heterocycles. The number of ether oxygens (including phenoxy) is 2. The molecule has 0 saturated heterocycles. The molecule has 0 radical (unpaired) electrons. The third-order valence-corrected chi connectivity index (χ3v) is 3.29. The Hall–Kier alpha value is -2.18. The smallest absolute Gasteiger partial charge is 0.387 e. The number of amides is 1. The summed E-state index contributed by atoms with van der Waals surface area (Å²) in [6.07, 6.45) is 1.11. The van der Waals surface area contributed by atoms with Gasteiger partial charge in [-0.05, 0) is 24.6 Å². The van der Waals surface area contributed by atoms with Crippen molar-refractivity contribution >= 4 is 11.6 Å². The number of carbonyl (C=O) groups excluding carboxylic acids is 1. The van der Waals surface area contributed by atoms with E-state index in [-0.39, 0.29) is 23.3 Å². The van der Waals surface area contributed by atoms with E-state index in [9.17, 15) is 13.6 Å². The Balaban J connectivity index is 2.34. The molecule has 0 aliphatic carbocycles. The zero-order valence-electron chi connectivity index (χ0n) is 11.7. The van der Waals surface area contributed by atoms with Crippen molar-refractivity contribution in [1.29, 1.82) is 0 Å². The number of hydrogen-bond donors (Lipinski definition) is 1. The van der Waals surface area contributed by atoms with E-state index in [0.29, 0.717) is 17.7 Å². The quantitative estimate of drug-likeness (QED) is 0.908. The van der Waals surface area contributed by atoms with Crippen molar-refractivity contribution in [2.75, 3.05) is 7.11 Å². The summed E-state index contributed by atoms with van der Waals surface area (Å²) in [6, 6.07) is 4.61. The maximum Gasteiger partial charge on any atom is 0.387 e. The molecular weight excluding hydrogens is 282 g/mol. The first-order chi connectivity index (χ1) is 10.0. The molecule has 1 atom stereocenters. The molecule has 1 heterocycles. The van der Waals surface area contributed by atoms with Crippen molar-refractivity contribution in [1.82, 2.24) is 5.43 Å². The number of hydrogen-bond acceptors (Lipinski definition) is 4. The van der Waals surface area contributed by atoms with Crippen LogP contribution in [0.1, 0.15) is 25.3 Å². The molecule has 1 N–H and O–H groups in total. The van der Waals surface area contributed by atoms with Gasteiger partial charge in [0.25, 0.3) is 0 Å². The second kappa shape index (κ2) is 6.51. The Morgan fingerprint density at radius 2 is 2.19 bits per heavy atom. The SMILES string of the molecule is CCC1CC(=O)NN=C1c1ccc(OC(F)F)c(OC)c1. The largest absolute Gasteiger partial charge is 0.493 e. The van der Waals surface area contributed by atoms with E-state index in [0.717, 1.165) is 6.42 Å². The van der Waals surface area contributed by atoms with Crippen LogP contribution in [0.5, 0.6) is 11.5 Å². The van der Waals surface area contributed by atoms with Gasteiger partial charge in [0.15, 0.2) is 11.5 Å². The molecule has 1 unspecified atom stereocenters. The van der Waals surface area contributed by atoms with E-state index in [1.807, 2.05) is 6.92 Å². The number of alkyl halides is 2. The Morgan fingerprint density at radius 3 is 2.81 bits per heavy atom. The fourth-order valence-corrected chi connectivity index (χ4v) is 2.24. The topological polar surface area (TPSA) is 59.9 Å². The van der Waals surface area contributed by atoms with E-state index in [1.54, 1.807) is 12.1 Å². The lowest BCUT2D eigenvalue weighted by atomic mass is 9.90. The number of nitrogens with zero attached hydrogens (tertiary/aromatic N) is 1. The van der Waals surface area contributed by atoms with Gasteiger partial charge >= 0.3 is 6.61 Å². The van der Waals surface area contributed by atoms with Crippen molar-refractivity contribution in [2.45, 2.75) is 26.4 Å². The summed E-state index contributed by atoms with van der Waals surface area (Å²) < 4.78 is 34.1. The summed E-state index contributed by atoms with van der Waals surface area (Å²) in [5.74, 6) is 0.0209. The molecule has 2 rings (SSSR count). The number of benzene rings is 1. The summed E-state index contributed by atoms with van der Waals surface area (Å²) in [7, 11) is 1.37. The van der Waals surface area contributed by atoms with Crippen LogP contribution in [0.25, 0.3) is 0 Å². The van der Waals surface area contributed by atoms with Crippen molar-refractivity contribution in [3.63, 3.8) is 0 Å². The van der Waals surface area contributed by atoms with E-state index in [2.05, 4.69) is 15.3 Å². The van der Waals surface area contributed by atoms with Crippen LogP contribution in [0.4, 0.5) is 8.78 Å². The second-order valence-electron chi connectivity index (χ2n) is 4.59. The number of methoxy groups -OCH3 is 1. The van der Waals surface area contributed by atoms with Crippen LogP contribution in [-0.4, -0.2) is 25.3 Å². The minimum Gasteiger partial charge on any atom is -0.493 e. The highest BCUT2D eigenvalue weighted by Gasteiger charge is 2.25. The molecule has 5 nitrogen and oxygen atoms in total. The van der Waals surface area contributed by atoms with E-state index in [4.69, 9.17) is 4.74 Å². The lowest BCUT2D eigenvalue weighted by Crippen LogP contribution is -2.33. The van der Waals surface area contributed by atoms with Crippen LogP contribution < -0.4 is 14.9 Å². The minimum atomic E-state index is -2.92. The number of nitrogens with one attached hydrogen (secondary N) is 1. The van der Waals surface area contributed by atoms with Gasteiger partial charge in [0.05, 0.1) is 12.8 Å². The van der Waals surface area contributed by atoms with Crippen LogP contribution in [0.15, 0.2) is 23.3 Å². The molecular formula is C14H16F2N2O3. The predicted octanol–water partition coefficient (Wildman–Crippen LogP) is 2.55. The third-order valence-electron chi connectivity index (χ3n) is 3.29. The number of hydrazone groups is 1. The average molecular weight is 298 g/mol. The standard InChI is InChI=1S/C14H16F2N2O3/c1-3-8-7-12(19)17-18-13(8)9-4-5-10(21-14(15)16)11(6-9)20-2/h4-6,8,14H,3,7H2,1-2H3,(H,17,19). The lowest BCUT2D eigenvalue weighted by molar-refractivity contribution is -0.122. The van der Waals surface area contributed by atoms with Crippen molar-refractivity contribution in [3.8, 4) is 11.5 Å². The number of rotatable bonds is 5. The van der Waals surface area contributed by atoms with Gasteiger partial charge in [0.2, 0.25) is 5.91 Å². The van der Waals surface area contributed by atoms with E-state index in [1.165, 1.54) is 13.2 Å². The van der Waals surface area contributed by atoms with E-state index >= 15 is 0 Å². The molecule has 21 heavy (non-hydrogen) atoms. The predicted molar refractivity (Wildman–Crippen MR) is 72.7 cm³/mol. The number of halogens is 2. The van der Waals surface area contributed by atoms with Gasteiger partial charge in [-0.1, -0.05) is 6.92 Å². The van der Waals surface area contributed by atoms with Gasteiger partial charge in [0.1, 0.15) is 0 Å². The van der Waals surface area contributed by atoms with Crippen LogP contribution in [0.3, 0.4) is 0 Å². The number of carbonyl (C=O) groups is 1. The zero-order chi connectivity index (χ0) is 15.4. The summed E-state index contributed by atoms with van der Waals surface area (Å²) >= 11 is 0. The van der Waals surface area contributed by atoms with Crippen molar-refractivity contribution < 1.29 is 23.0 Å². The van der Waals surface area contributed by atoms with Crippen molar-refractivity contribution in [3.05, 3.63) is 23.8 Å². The molecule has 1 aromatic rings. The normalized spacial score (nSPS) is 18.2. The van der Waals surface area contributed by atoms with Crippen LogP contribution in [0, 0.1) is 5.92 Å². The molecule has 0 saturated carbocycles. The van der Waals surface area contributed by atoms with Crippen molar-refractivity contribution in [2.24, 2.45) is 11.0 Å². The Kier molecular flexibility index (Phi) is 4.72. The fraction of sp³-hybridized carbons (Fsp3) is 0.429. The minimum absolute atomic E-state index is 0.00896. The Bertz CT molecular complexity index is 561. The van der Waals surface area contributed by atoms with Crippen LogP contribution in [0.2, 0.25) is 0 Å². The average Bonchev–Trinajstić information content (AvgIpc) is 2.47. The fourth-order valence-electron chi connectivity index (χ4n) is 2.24. The van der Waals surface area contributed by atoms with Gasteiger partial charge in [-0.2, -0.15) is 13.9 Å². The molecule has 1 aromatic carbocycles. The van der Waals surface area contributed by atoms with Crippen LogP contribution >= 0.6 is 0 Å². The molecule has 0 spiro atoms. The molecule has 1 aliphatic heterocycles. The molecule has 0 bridgehead atoms. The highest BCUT2D eigenvalue weighted by atomic mass is 19.3. The maximum absolute atomic E-state index is 12.3. The second-order valence-corrected chi connectivity index (χ2v) is 4.59. The Labute approximate surface area is 120 Å². The molecule has 1 aliphatic rings. The molecule has 114 valence electrons. The third kappa shape index (κ3) is 3.48. The summed E-state index contributed by atoms with van der Waals surface area (Å²) in [5, 5.41) is 4.07. The van der Waals surface area contributed by atoms with Gasteiger partial charge in [-0.15, -0.1) is 0 Å².